The number of ether oxygens (including phenoxy) is 1. The standard InChI is InChI=1S/C26H28N2O3/c1-18(25(29)28(2)20-13-7-4-8-14-20)31-26(30)22-17-24(19-11-5-3-6-12-19)27-23-16-10-9-15-21(22)23/h3,5-6,9-12,15-18,20H,4,7-8,13-14H2,1-2H3/t18-/m0/s1. The smallest absolute Gasteiger partial charge is 0.339 e. The molecule has 0 bridgehead atoms. The van der Waals surface area contributed by atoms with E-state index in [0.29, 0.717) is 22.2 Å². The van der Waals surface area contributed by atoms with Crippen LogP contribution in [0, 0.1) is 0 Å². The maximum absolute atomic E-state index is 13.1. The molecular weight excluding hydrogens is 388 g/mol. The van der Waals surface area contributed by atoms with Crippen LogP contribution < -0.4 is 0 Å². The zero-order valence-electron chi connectivity index (χ0n) is 18.1. The Hall–Kier alpha value is -3.21. The molecule has 0 spiro atoms. The molecule has 1 aliphatic carbocycles. The largest absolute Gasteiger partial charge is 0.449 e. The molecule has 1 aliphatic rings. The van der Waals surface area contributed by atoms with Crippen LogP contribution in [-0.2, 0) is 9.53 Å². The van der Waals surface area contributed by atoms with E-state index in [1.807, 2.05) is 61.6 Å². The Balaban J connectivity index is 1.59. The first-order chi connectivity index (χ1) is 15.0. The number of hydrogen-bond acceptors (Lipinski definition) is 4. The van der Waals surface area contributed by atoms with E-state index in [2.05, 4.69) is 0 Å². The number of fused-ring (bicyclic) bond motifs is 1. The SMILES string of the molecule is C[C@H](OC(=O)c1cc(-c2ccccc2)nc2ccccc12)C(=O)N(C)C1CCCCC1. The van der Waals surface area contributed by atoms with Gasteiger partial charge in [-0.15, -0.1) is 0 Å². The number of esters is 1. The highest BCUT2D eigenvalue weighted by Gasteiger charge is 2.28. The van der Waals surface area contributed by atoms with Crippen molar-refractivity contribution in [3.8, 4) is 11.3 Å². The molecule has 4 rings (SSSR count). The molecule has 5 nitrogen and oxygen atoms in total. The maximum Gasteiger partial charge on any atom is 0.339 e. The normalized spacial score (nSPS) is 15.4. The summed E-state index contributed by atoms with van der Waals surface area (Å²) in [5, 5.41) is 0.715. The minimum atomic E-state index is -0.841. The van der Waals surface area contributed by atoms with Crippen molar-refractivity contribution in [2.45, 2.75) is 51.2 Å². The van der Waals surface area contributed by atoms with E-state index in [0.717, 1.165) is 31.2 Å². The van der Waals surface area contributed by atoms with Crippen LogP contribution in [0.5, 0.6) is 0 Å². The number of benzene rings is 2. The van der Waals surface area contributed by atoms with Crippen LogP contribution in [0.4, 0.5) is 0 Å². The highest BCUT2D eigenvalue weighted by atomic mass is 16.5. The predicted octanol–water partition coefficient (Wildman–Crippen LogP) is 5.24. The number of aromatic nitrogens is 1. The van der Waals surface area contributed by atoms with Crippen molar-refractivity contribution in [3.63, 3.8) is 0 Å². The lowest BCUT2D eigenvalue weighted by atomic mass is 9.94. The first kappa shape index (κ1) is 21.0. The monoisotopic (exact) mass is 416 g/mol. The molecule has 0 radical (unpaired) electrons. The predicted molar refractivity (Wildman–Crippen MR) is 122 cm³/mol. The van der Waals surface area contributed by atoms with Crippen molar-refractivity contribution >= 4 is 22.8 Å². The Morgan fingerprint density at radius 2 is 1.68 bits per heavy atom. The Morgan fingerprint density at radius 3 is 2.42 bits per heavy atom. The number of amides is 1. The summed E-state index contributed by atoms with van der Waals surface area (Å²) < 4.78 is 5.65. The molecule has 0 unspecified atom stereocenters. The number of carbonyl (C=O) groups excluding carboxylic acids is 2. The molecule has 0 aliphatic heterocycles. The third-order valence-electron chi connectivity index (χ3n) is 6.11. The number of carbonyl (C=O) groups is 2. The third-order valence-corrected chi connectivity index (χ3v) is 6.11. The van der Waals surface area contributed by atoms with Gasteiger partial charge in [0.25, 0.3) is 5.91 Å². The van der Waals surface area contributed by atoms with E-state index >= 15 is 0 Å². The minimum absolute atomic E-state index is 0.151. The molecule has 31 heavy (non-hydrogen) atoms. The fourth-order valence-corrected chi connectivity index (χ4v) is 4.31. The highest BCUT2D eigenvalue weighted by Crippen LogP contribution is 2.26. The maximum atomic E-state index is 13.1. The van der Waals surface area contributed by atoms with Crippen molar-refractivity contribution in [2.24, 2.45) is 0 Å². The zero-order valence-corrected chi connectivity index (χ0v) is 18.1. The average molecular weight is 417 g/mol. The molecule has 3 aromatic rings. The Bertz CT molecular complexity index is 1070. The quantitative estimate of drug-likeness (QED) is 0.534. The average Bonchev–Trinajstić information content (AvgIpc) is 2.83. The lowest BCUT2D eigenvalue weighted by Gasteiger charge is -2.32. The summed E-state index contributed by atoms with van der Waals surface area (Å²) in [5.74, 6) is -0.657. The van der Waals surface area contributed by atoms with Gasteiger partial charge in [-0.05, 0) is 31.9 Å². The third kappa shape index (κ3) is 4.61. The molecule has 1 amide bonds. The van der Waals surface area contributed by atoms with E-state index in [1.54, 1.807) is 17.9 Å². The Morgan fingerprint density at radius 1 is 1.00 bits per heavy atom. The van der Waals surface area contributed by atoms with Crippen LogP contribution in [-0.4, -0.2) is 41.0 Å². The number of nitrogens with zero attached hydrogens (tertiary/aromatic N) is 2. The molecule has 1 aromatic heterocycles. The van der Waals surface area contributed by atoms with Crippen LogP contribution in [0.2, 0.25) is 0 Å². The van der Waals surface area contributed by atoms with Gasteiger partial charge in [-0.1, -0.05) is 67.8 Å². The van der Waals surface area contributed by atoms with Gasteiger partial charge in [-0.25, -0.2) is 9.78 Å². The van der Waals surface area contributed by atoms with Crippen molar-refractivity contribution in [1.29, 1.82) is 0 Å². The van der Waals surface area contributed by atoms with Crippen molar-refractivity contribution in [1.82, 2.24) is 9.88 Å². The Kier molecular flexibility index (Phi) is 6.31. The van der Waals surface area contributed by atoms with Gasteiger partial charge < -0.3 is 9.64 Å². The van der Waals surface area contributed by atoms with Crippen molar-refractivity contribution < 1.29 is 14.3 Å². The number of rotatable bonds is 5. The fraction of sp³-hybridized carbons (Fsp3) is 0.346. The van der Waals surface area contributed by atoms with Crippen LogP contribution >= 0.6 is 0 Å². The van der Waals surface area contributed by atoms with Gasteiger partial charge in [0.2, 0.25) is 0 Å². The number of likely N-dealkylation sites (N-methyl/N-ethyl adjacent to an activating group) is 1. The molecule has 0 saturated heterocycles. The number of hydrogen-bond donors (Lipinski definition) is 0. The fourth-order valence-electron chi connectivity index (χ4n) is 4.31. The summed E-state index contributed by atoms with van der Waals surface area (Å²) in [6, 6.07) is 19.2. The molecule has 2 aromatic carbocycles. The highest BCUT2D eigenvalue weighted by molar-refractivity contribution is 6.05. The van der Waals surface area contributed by atoms with Crippen LogP contribution in [0.1, 0.15) is 49.4 Å². The molecule has 1 saturated carbocycles. The van der Waals surface area contributed by atoms with E-state index in [-0.39, 0.29) is 11.9 Å². The molecule has 0 N–H and O–H groups in total. The van der Waals surface area contributed by atoms with Crippen LogP contribution in [0.25, 0.3) is 22.2 Å². The second kappa shape index (κ2) is 9.29. The van der Waals surface area contributed by atoms with Gasteiger partial charge >= 0.3 is 5.97 Å². The van der Waals surface area contributed by atoms with Gasteiger partial charge in [-0.2, -0.15) is 0 Å². The summed E-state index contributed by atoms with van der Waals surface area (Å²) in [4.78, 5) is 32.5. The van der Waals surface area contributed by atoms with E-state index in [4.69, 9.17) is 9.72 Å². The van der Waals surface area contributed by atoms with E-state index in [9.17, 15) is 9.59 Å². The van der Waals surface area contributed by atoms with Crippen molar-refractivity contribution in [3.05, 3.63) is 66.2 Å². The van der Waals surface area contributed by atoms with Gasteiger partial charge in [-0.3, -0.25) is 4.79 Å². The summed E-state index contributed by atoms with van der Waals surface area (Å²) in [6.07, 6.45) is 4.69. The number of para-hydroxylation sites is 1. The van der Waals surface area contributed by atoms with Crippen LogP contribution in [0.3, 0.4) is 0 Å². The summed E-state index contributed by atoms with van der Waals surface area (Å²) >= 11 is 0. The summed E-state index contributed by atoms with van der Waals surface area (Å²) in [5.41, 5.74) is 2.76. The minimum Gasteiger partial charge on any atom is -0.449 e. The lowest BCUT2D eigenvalue weighted by molar-refractivity contribution is -0.141. The molecular formula is C26H28N2O3. The van der Waals surface area contributed by atoms with Crippen LogP contribution in [0.15, 0.2) is 60.7 Å². The second-order valence-electron chi connectivity index (χ2n) is 8.23. The summed E-state index contributed by atoms with van der Waals surface area (Å²) in [7, 11) is 1.82. The van der Waals surface area contributed by atoms with Gasteiger partial charge in [0.15, 0.2) is 6.10 Å². The summed E-state index contributed by atoms with van der Waals surface area (Å²) in [6.45, 7) is 1.65. The topological polar surface area (TPSA) is 59.5 Å². The van der Waals surface area contributed by atoms with Gasteiger partial charge in [0.05, 0.1) is 16.8 Å². The molecule has 1 fully saturated rings. The molecule has 160 valence electrons. The lowest BCUT2D eigenvalue weighted by Crippen LogP contribution is -2.44. The van der Waals surface area contributed by atoms with Gasteiger partial charge in [0.1, 0.15) is 0 Å². The number of pyridine rings is 1. The van der Waals surface area contributed by atoms with Gasteiger partial charge in [0, 0.05) is 24.0 Å². The second-order valence-corrected chi connectivity index (χ2v) is 8.23. The Labute approximate surface area is 183 Å². The van der Waals surface area contributed by atoms with E-state index in [1.165, 1.54) is 6.42 Å². The first-order valence-corrected chi connectivity index (χ1v) is 11.0. The zero-order chi connectivity index (χ0) is 21.8. The molecule has 1 heterocycles. The van der Waals surface area contributed by atoms with E-state index < -0.39 is 12.1 Å². The first-order valence-electron chi connectivity index (χ1n) is 11.0. The molecule has 5 heteroatoms. The van der Waals surface area contributed by atoms with Crippen molar-refractivity contribution in [2.75, 3.05) is 7.05 Å². The molecule has 1 atom stereocenters.